The van der Waals surface area contributed by atoms with Crippen molar-refractivity contribution < 1.29 is 13.8 Å². The van der Waals surface area contributed by atoms with Gasteiger partial charge in [-0.1, -0.05) is 119 Å². The van der Waals surface area contributed by atoms with Gasteiger partial charge in [-0.15, -0.1) is 0 Å². The number of nitrogens with zero attached hydrogens (tertiary/aromatic N) is 1. The highest BCUT2D eigenvalue weighted by molar-refractivity contribution is 6.93. The second-order valence-electron chi connectivity index (χ2n) is 8.53. The van der Waals surface area contributed by atoms with Crippen molar-refractivity contribution in [2.75, 3.05) is 6.61 Å². The third-order valence-corrected chi connectivity index (χ3v) is 9.22. The van der Waals surface area contributed by atoms with Crippen molar-refractivity contribution in [1.82, 2.24) is 0 Å². The van der Waals surface area contributed by atoms with Crippen LogP contribution >= 0.6 is 0 Å². The van der Waals surface area contributed by atoms with Crippen LogP contribution in [0.4, 0.5) is 5.69 Å². The summed E-state index contributed by atoms with van der Waals surface area (Å²) >= 11 is 0. The molecule has 3 rings (SSSR count). The molecular formula is C28H35NO4Si. The maximum absolute atomic E-state index is 11.3. The van der Waals surface area contributed by atoms with Crippen molar-refractivity contribution in [3.8, 4) is 5.75 Å². The van der Waals surface area contributed by atoms with Gasteiger partial charge in [0.05, 0.1) is 11.0 Å². The molecule has 0 atom stereocenters. The van der Waals surface area contributed by atoms with Crippen molar-refractivity contribution >= 4 is 24.6 Å². The van der Waals surface area contributed by atoms with E-state index >= 15 is 0 Å². The molecular weight excluding hydrogens is 442 g/mol. The molecule has 0 heterocycles. The molecule has 0 aliphatic rings. The Labute approximate surface area is 204 Å². The van der Waals surface area contributed by atoms with E-state index in [0.717, 1.165) is 23.2 Å². The quantitative estimate of drug-likeness (QED) is 0.110. The Bertz CT molecular complexity index is 958. The molecule has 0 unspecified atom stereocenters. The number of non-ortho nitro benzene ring substituents is 1. The molecule has 34 heavy (non-hydrogen) atoms. The Balaban J connectivity index is 1.81. The van der Waals surface area contributed by atoms with Crippen molar-refractivity contribution in [2.45, 2.75) is 58.3 Å². The molecule has 0 aliphatic carbocycles. The predicted molar refractivity (Wildman–Crippen MR) is 140 cm³/mol. The lowest BCUT2D eigenvalue weighted by Gasteiger charge is -2.32. The number of hydrogen-bond donors (Lipinski definition) is 0. The fourth-order valence-electron chi connectivity index (χ4n) is 4.07. The number of nitro groups is 1. The zero-order valence-electron chi connectivity index (χ0n) is 20.0. The minimum absolute atomic E-state index is 0.00426. The summed E-state index contributed by atoms with van der Waals surface area (Å²) in [6.45, 7) is 2.82. The minimum atomic E-state index is -3.15. The SMILES string of the molecule is CCCCCCCCCCO[Si](Oc1cccc([N+](=O)[O-])c1)(c1ccccc1)c1ccccc1. The largest absolute Gasteiger partial charge is 0.514 e. The Morgan fingerprint density at radius 1 is 0.735 bits per heavy atom. The topological polar surface area (TPSA) is 61.6 Å². The van der Waals surface area contributed by atoms with Crippen molar-refractivity contribution in [1.29, 1.82) is 0 Å². The lowest BCUT2D eigenvalue weighted by molar-refractivity contribution is -0.384. The molecule has 5 nitrogen and oxygen atoms in total. The Kier molecular flexibility index (Phi) is 10.3. The van der Waals surface area contributed by atoms with Crippen LogP contribution in [0.2, 0.25) is 0 Å². The lowest BCUT2D eigenvalue weighted by Crippen LogP contribution is -2.66. The average molecular weight is 478 g/mol. The van der Waals surface area contributed by atoms with Crippen LogP contribution in [-0.2, 0) is 4.43 Å². The Morgan fingerprint density at radius 3 is 1.85 bits per heavy atom. The van der Waals surface area contributed by atoms with Crippen LogP contribution in [0.3, 0.4) is 0 Å². The first-order chi connectivity index (χ1) is 16.7. The van der Waals surface area contributed by atoms with Gasteiger partial charge in [0.1, 0.15) is 5.75 Å². The molecule has 0 aromatic heterocycles. The minimum Gasteiger partial charge on any atom is -0.514 e. The summed E-state index contributed by atoms with van der Waals surface area (Å²) in [5.41, 5.74) is 0.00426. The van der Waals surface area contributed by atoms with E-state index in [1.54, 1.807) is 12.1 Å². The van der Waals surface area contributed by atoms with E-state index in [1.165, 1.54) is 50.7 Å². The van der Waals surface area contributed by atoms with Gasteiger partial charge >= 0.3 is 8.56 Å². The Morgan fingerprint density at radius 2 is 1.29 bits per heavy atom. The summed E-state index contributed by atoms with van der Waals surface area (Å²) in [5.74, 6) is 0.449. The van der Waals surface area contributed by atoms with Gasteiger partial charge in [-0.2, -0.15) is 0 Å². The summed E-state index contributed by atoms with van der Waals surface area (Å²) < 4.78 is 13.3. The molecule has 3 aromatic carbocycles. The second kappa shape index (κ2) is 13.7. The zero-order chi connectivity index (χ0) is 24.1. The highest BCUT2D eigenvalue weighted by Crippen LogP contribution is 2.23. The molecule has 180 valence electrons. The molecule has 6 heteroatoms. The maximum atomic E-state index is 11.3. The molecule has 0 amide bonds. The number of rotatable bonds is 15. The highest BCUT2D eigenvalue weighted by Gasteiger charge is 2.45. The molecule has 0 saturated carbocycles. The van der Waals surface area contributed by atoms with Crippen molar-refractivity contribution in [3.63, 3.8) is 0 Å². The van der Waals surface area contributed by atoms with E-state index in [4.69, 9.17) is 8.85 Å². The number of nitro benzene ring substituents is 1. The number of hydrogen-bond acceptors (Lipinski definition) is 4. The van der Waals surface area contributed by atoms with E-state index in [9.17, 15) is 10.1 Å². The summed E-state index contributed by atoms with van der Waals surface area (Å²) in [5, 5.41) is 13.3. The first-order valence-corrected chi connectivity index (χ1v) is 14.2. The molecule has 0 aliphatic heterocycles. The molecule has 0 N–H and O–H groups in total. The highest BCUT2D eigenvalue weighted by atomic mass is 28.4. The first-order valence-electron chi connectivity index (χ1n) is 12.3. The van der Waals surface area contributed by atoms with Gasteiger partial charge in [-0.25, -0.2) is 0 Å². The Hall–Kier alpha value is -2.96. The van der Waals surface area contributed by atoms with E-state index in [2.05, 4.69) is 6.92 Å². The first kappa shape index (κ1) is 25.7. The third kappa shape index (κ3) is 7.27. The number of benzene rings is 3. The number of unbranched alkanes of at least 4 members (excludes halogenated alkanes) is 7. The smallest absolute Gasteiger partial charge is 0.468 e. The summed E-state index contributed by atoms with van der Waals surface area (Å²) in [6, 6.07) is 26.4. The van der Waals surface area contributed by atoms with E-state index in [1.807, 2.05) is 60.7 Å². The van der Waals surface area contributed by atoms with Gasteiger partial charge in [-0.05, 0) is 12.5 Å². The third-order valence-electron chi connectivity index (χ3n) is 5.90. The summed E-state index contributed by atoms with van der Waals surface area (Å²) in [4.78, 5) is 10.9. The van der Waals surface area contributed by atoms with E-state index in [0.29, 0.717) is 12.4 Å². The van der Waals surface area contributed by atoms with Crippen LogP contribution in [0.1, 0.15) is 58.3 Å². The lowest BCUT2D eigenvalue weighted by atomic mass is 10.1. The molecule has 0 spiro atoms. The van der Waals surface area contributed by atoms with Crippen LogP contribution in [0.25, 0.3) is 0 Å². The fourth-order valence-corrected chi connectivity index (χ4v) is 7.19. The van der Waals surface area contributed by atoms with Gasteiger partial charge in [0.25, 0.3) is 5.69 Å². The van der Waals surface area contributed by atoms with Crippen LogP contribution in [0, 0.1) is 10.1 Å². The van der Waals surface area contributed by atoms with Crippen molar-refractivity contribution in [3.05, 3.63) is 95.0 Å². The van der Waals surface area contributed by atoms with Gasteiger partial charge in [0, 0.05) is 23.0 Å². The zero-order valence-corrected chi connectivity index (χ0v) is 21.0. The van der Waals surface area contributed by atoms with Gasteiger partial charge in [0.2, 0.25) is 0 Å². The van der Waals surface area contributed by atoms with Crippen LogP contribution < -0.4 is 14.8 Å². The molecule has 0 saturated heterocycles. The summed E-state index contributed by atoms with van der Waals surface area (Å²) in [7, 11) is -3.15. The van der Waals surface area contributed by atoms with Crippen LogP contribution in [0.15, 0.2) is 84.9 Å². The second-order valence-corrected chi connectivity index (χ2v) is 11.4. The standard InChI is InChI=1S/C28H35NO4Si/c1-2-3-4-5-6-7-8-15-23-32-34(27-19-11-9-12-20-27,28-21-13-10-14-22-28)33-26-18-16-17-25(24-26)29(30)31/h9-14,16-22,24H,2-8,15,23H2,1H3. The molecule has 0 fully saturated rings. The van der Waals surface area contributed by atoms with Crippen LogP contribution in [0.5, 0.6) is 5.75 Å². The van der Waals surface area contributed by atoms with E-state index < -0.39 is 13.5 Å². The van der Waals surface area contributed by atoms with Crippen molar-refractivity contribution in [2.24, 2.45) is 0 Å². The van der Waals surface area contributed by atoms with Gasteiger partial charge in [0.15, 0.2) is 0 Å². The van der Waals surface area contributed by atoms with Gasteiger partial charge in [-0.3, -0.25) is 10.1 Å². The monoisotopic (exact) mass is 477 g/mol. The van der Waals surface area contributed by atoms with Gasteiger partial charge < -0.3 is 8.85 Å². The van der Waals surface area contributed by atoms with E-state index in [-0.39, 0.29) is 5.69 Å². The predicted octanol–water partition coefficient (Wildman–Crippen LogP) is 6.39. The van der Waals surface area contributed by atoms with Crippen LogP contribution in [-0.4, -0.2) is 20.1 Å². The maximum Gasteiger partial charge on any atom is 0.468 e. The fraction of sp³-hybridized carbons (Fsp3) is 0.357. The molecule has 0 bridgehead atoms. The average Bonchev–Trinajstić information content (AvgIpc) is 2.88. The normalized spacial score (nSPS) is 11.3. The molecule has 3 aromatic rings. The molecule has 0 radical (unpaired) electrons. The summed E-state index contributed by atoms with van der Waals surface area (Å²) in [6.07, 6.45) is 9.77.